The maximum absolute atomic E-state index is 12.1. The van der Waals surface area contributed by atoms with E-state index in [0.29, 0.717) is 6.42 Å². The van der Waals surface area contributed by atoms with Gasteiger partial charge in [0.05, 0.1) is 0 Å². The number of carbonyl (C=O) groups excluding carboxylic acids is 3. The van der Waals surface area contributed by atoms with Gasteiger partial charge in [-0.15, -0.1) is 0 Å². The Bertz CT molecular complexity index is 562. The van der Waals surface area contributed by atoms with Gasteiger partial charge in [-0.3, -0.25) is 9.59 Å². The highest BCUT2D eigenvalue weighted by atomic mass is 16.5. The SMILES string of the molecule is CCC(C)C(NC(=O)C(C)NC(=O)OCc1ccccc1)C(N)=O. The van der Waals surface area contributed by atoms with Crippen molar-refractivity contribution >= 4 is 17.9 Å². The molecule has 0 aliphatic carbocycles. The van der Waals surface area contributed by atoms with Gasteiger partial charge < -0.3 is 21.1 Å². The number of carbonyl (C=O) groups is 3. The second kappa shape index (κ2) is 9.54. The van der Waals surface area contributed by atoms with Crippen molar-refractivity contribution in [2.24, 2.45) is 11.7 Å². The van der Waals surface area contributed by atoms with Crippen LogP contribution in [0.15, 0.2) is 30.3 Å². The van der Waals surface area contributed by atoms with Gasteiger partial charge >= 0.3 is 6.09 Å². The number of ether oxygens (including phenoxy) is 1. The Morgan fingerprint density at radius 2 is 1.75 bits per heavy atom. The third-order valence-electron chi connectivity index (χ3n) is 3.76. The lowest BCUT2D eigenvalue weighted by Crippen LogP contribution is -2.54. The Hall–Kier alpha value is -2.57. The van der Waals surface area contributed by atoms with Crippen LogP contribution in [-0.2, 0) is 20.9 Å². The highest BCUT2D eigenvalue weighted by molar-refractivity contribution is 5.90. The maximum Gasteiger partial charge on any atom is 0.408 e. The minimum absolute atomic E-state index is 0.0938. The van der Waals surface area contributed by atoms with E-state index in [1.807, 2.05) is 44.2 Å². The number of amides is 3. The van der Waals surface area contributed by atoms with Gasteiger partial charge in [0.25, 0.3) is 0 Å². The second-order valence-electron chi connectivity index (χ2n) is 5.70. The summed E-state index contributed by atoms with van der Waals surface area (Å²) in [4.78, 5) is 35.3. The summed E-state index contributed by atoms with van der Waals surface area (Å²) >= 11 is 0. The fraction of sp³-hybridized carbons (Fsp3) is 0.471. The Labute approximate surface area is 141 Å². The summed E-state index contributed by atoms with van der Waals surface area (Å²) in [6, 6.07) is 7.57. The molecule has 0 bridgehead atoms. The van der Waals surface area contributed by atoms with E-state index in [1.54, 1.807) is 0 Å². The van der Waals surface area contributed by atoms with Gasteiger partial charge in [0.1, 0.15) is 18.7 Å². The van der Waals surface area contributed by atoms with Crippen LogP contribution in [0, 0.1) is 5.92 Å². The van der Waals surface area contributed by atoms with E-state index < -0.39 is 30.0 Å². The van der Waals surface area contributed by atoms with Crippen molar-refractivity contribution in [3.05, 3.63) is 35.9 Å². The number of primary amides is 1. The molecule has 132 valence electrons. The lowest BCUT2D eigenvalue weighted by Gasteiger charge is -2.23. The first-order valence-corrected chi connectivity index (χ1v) is 7.92. The maximum atomic E-state index is 12.1. The summed E-state index contributed by atoms with van der Waals surface area (Å²) < 4.78 is 5.05. The van der Waals surface area contributed by atoms with E-state index in [0.717, 1.165) is 5.56 Å². The molecule has 0 fully saturated rings. The van der Waals surface area contributed by atoms with Gasteiger partial charge in [-0.2, -0.15) is 0 Å². The lowest BCUT2D eigenvalue weighted by atomic mass is 9.98. The van der Waals surface area contributed by atoms with E-state index in [2.05, 4.69) is 10.6 Å². The number of nitrogens with one attached hydrogen (secondary N) is 2. The predicted octanol–water partition coefficient (Wildman–Crippen LogP) is 1.32. The van der Waals surface area contributed by atoms with Crippen LogP contribution in [0.2, 0.25) is 0 Å². The number of rotatable bonds is 8. The predicted molar refractivity (Wildman–Crippen MR) is 89.8 cm³/mol. The molecule has 3 atom stereocenters. The molecule has 1 aromatic carbocycles. The third kappa shape index (κ3) is 6.28. The van der Waals surface area contributed by atoms with Gasteiger partial charge in [0.2, 0.25) is 11.8 Å². The summed E-state index contributed by atoms with van der Waals surface area (Å²) in [7, 11) is 0. The normalized spacial score (nSPS) is 14.1. The largest absolute Gasteiger partial charge is 0.445 e. The molecule has 0 aliphatic rings. The van der Waals surface area contributed by atoms with Gasteiger partial charge in [0, 0.05) is 0 Å². The van der Waals surface area contributed by atoms with Crippen molar-refractivity contribution in [1.82, 2.24) is 10.6 Å². The molecule has 3 unspecified atom stereocenters. The molecule has 0 heterocycles. The second-order valence-corrected chi connectivity index (χ2v) is 5.70. The lowest BCUT2D eigenvalue weighted by molar-refractivity contribution is -0.129. The number of hydrogen-bond acceptors (Lipinski definition) is 4. The first-order chi connectivity index (χ1) is 11.3. The van der Waals surface area contributed by atoms with E-state index >= 15 is 0 Å². The van der Waals surface area contributed by atoms with Crippen LogP contribution in [0.5, 0.6) is 0 Å². The summed E-state index contributed by atoms with van der Waals surface area (Å²) in [5.41, 5.74) is 6.15. The summed E-state index contributed by atoms with van der Waals surface area (Å²) in [6.45, 7) is 5.34. The van der Waals surface area contributed by atoms with E-state index in [9.17, 15) is 14.4 Å². The zero-order valence-corrected chi connectivity index (χ0v) is 14.2. The molecule has 0 aliphatic heterocycles. The fourth-order valence-electron chi connectivity index (χ4n) is 2.01. The van der Waals surface area contributed by atoms with Crippen LogP contribution in [-0.4, -0.2) is 30.0 Å². The molecule has 1 rings (SSSR count). The zero-order chi connectivity index (χ0) is 18.1. The molecule has 0 radical (unpaired) electrons. The molecule has 7 heteroatoms. The smallest absolute Gasteiger partial charge is 0.408 e. The summed E-state index contributed by atoms with van der Waals surface area (Å²) in [5, 5.41) is 4.99. The van der Waals surface area contributed by atoms with Crippen LogP contribution in [0.3, 0.4) is 0 Å². The Balaban J connectivity index is 2.47. The molecule has 0 spiro atoms. The van der Waals surface area contributed by atoms with Crippen molar-refractivity contribution < 1.29 is 19.1 Å². The minimum atomic E-state index is -0.848. The molecule has 24 heavy (non-hydrogen) atoms. The fourth-order valence-corrected chi connectivity index (χ4v) is 2.01. The molecule has 0 saturated carbocycles. The number of alkyl carbamates (subject to hydrolysis) is 1. The number of nitrogens with two attached hydrogens (primary N) is 1. The van der Waals surface area contributed by atoms with Crippen molar-refractivity contribution in [3.63, 3.8) is 0 Å². The summed E-state index contributed by atoms with van der Waals surface area (Å²) in [5.74, 6) is -1.18. The van der Waals surface area contributed by atoms with Crippen molar-refractivity contribution in [1.29, 1.82) is 0 Å². The zero-order valence-electron chi connectivity index (χ0n) is 14.2. The average molecular weight is 335 g/mol. The molecular weight excluding hydrogens is 310 g/mol. The molecule has 0 aromatic heterocycles. The van der Waals surface area contributed by atoms with E-state index in [-0.39, 0.29) is 12.5 Å². The third-order valence-corrected chi connectivity index (χ3v) is 3.76. The summed E-state index contributed by atoms with van der Waals surface area (Å²) in [6.07, 6.45) is -0.0184. The van der Waals surface area contributed by atoms with E-state index in [1.165, 1.54) is 6.92 Å². The van der Waals surface area contributed by atoms with Crippen molar-refractivity contribution in [2.45, 2.75) is 45.9 Å². The van der Waals surface area contributed by atoms with Crippen LogP contribution < -0.4 is 16.4 Å². The monoisotopic (exact) mass is 335 g/mol. The average Bonchev–Trinajstić information content (AvgIpc) is 2.57. The van der Waals surface area contributed by atoms with Crippen LogP contribution in [0.4, 0.5) is 4.79 Å². The molecule has 1 aromatic rings. The Kier molecular flexibility index (Phi) is 7.74. The standard InChI is InChI=1S/C17H25N3O4/c1-4-11(2)14(15(18)21)20-16(22)12(3)19-17(23)24-10-13-8-6-5-7-9-13/h5-9,11-12,14H,4,10H2,1-3H3,(H2,18,21)(H,19,23)(H,20,22). The van der Waals surface area contributed by atoms with Crippen LogP contribution in [0.25, 0.3) is 0 Å². The molecule has 7 nitrogen and oxygen atoms in total. The highest BCUT2D eigenvalue weighted by Gasteiger charge is 2.26. The Morgan fingerprint density at radius 3 is 2.29 bits per heavy atom. The van der Waals surface area contributed by atoms with Crippen LogP contribution in [0.1, 0.15) is 32.8 Å². The van der Waals surface area contributed by atoms with Gasteiger partial charge in [-0.25, -0.2) is 4.79 Å². The molecular formula is C17H25N3O4. The van der Waals surface area contributed by atoms with E-state index in [4.69, 9.17) is 10.5 Å². The Morgan fingerprint density at radius 1 is 1.12 bits per heavy atom. The first kappa shape index (κ1) is 19.5. The quantitative estimate of drug-likeness (QED) is 0.665. The molecule has 0 saturated heterocycles. The van der Waals surface area contributed by atoms with Crippen LogP contribution >= 0.6 is 0 Å². The number of hydrogen-bond donors (Lipinski definition) is 3. The minimum Gasteiger partial charge on any atom is -0.445 e. The van der Waals surface area contributed by atoms with Crippen molar-refractivity contribution in [2.75, 3.05) is 0 Å². The number of benzene rings is 1. The molecule has 3 amide bonds. The highest BCUT2D eigenvalue weighted by Crippen LogP contribution is 2.07. The molecule has 4 N–H and O–H groups in total. The van der Waals surface area contributed by atoms with Gasteiger partial charge in [0.15, 0.2) is 0 Å². The topological polar surface area (TPSA) is 111 Å². The van der Waals surface area contributed by atoms with Gasteiger partial charge in [-0.1, -0.05) is 50.6 Å². The first-order valence-electron chi connectivity index (χ1n) is 7.92. The van der Waals surface area contributed by atoms with Gasteiger partial charge in [-0.05, 0) is 18.4 Å². The van der Waals surface area contributed by atoms with Crippen molar-refractivity contribution in [3.8, 4) is 0 Å².